The number of para-hydroxylation sites is 1. The number of amides is 2. The van der Waals surface area contributed by atoms with Gasteiger partial charge in [-0.15, -0.1) is 0 Å². The van der Waals surface area contributed by atoms with Crippen molar-refractivity contribution in [3.63, 3.8) is 0 Å². The summed E-state index contributed by atoms with van der Waals surface area (Å²) in [5.74, 6) is 1.51. The van der Waals surface area contributed by atoms with Gasteiger partial charge in [-0.2, -0.15) is 0 Å². The van der Waals surface area contributed by atoms with Gasteiger partial charge in [-0.1, -0.05) is 36.8 Å². The number of carbonyl (C=O) groups excluding carboxylic acids is 2. The van der Waals surface area contributed by atoms with Crippen LogP contribution >= 0.6 is 0 Å². The molecule has 1 spiro atoms. The number of nitrogens with zero attached hydrogens (tertiary/aromatic N) is 2. The van der Waals surface area contributed by atoms with E-state index >= 15 is 0 Å². The van der Waals surface area contributed by atoms with Gasteiger partial charge in [0.2, 0.25) is 5.91 Å². The van der Waals surface area contributed by atoms with Gasteiger partial charge >= 0.3 is 6.09 Å². The molecule has 0 unspecified atom stereocenters. The number of carbonyl (C=O) groups is 2. The molecule has 0 atom stereocenters. The van der Waals surface area contributed by atoms with E-state index in [1.807, 2.05) is 86.3 Å². The number of fused-ring (bicyclic) bond motifs is 2. The van der Waals surface area contributed by atoms with Crippen molar-refractivity contribution in [3.05, 3.63) is 89.5 Å². The van der Waals surface area contributed by atoms with Crippen molar-refractivity contribution in [3.8, 4) is 11.5 Å². The number of methoxy groups -OCH3 is 1. The van der Waals surface area contributed by atoms with E-state index in [1.165, 1.54) is 6.21 Å². The Labute approximate surface area is 277 Å². The topological polar surface area (TPSA) is 104 Å². The first-order chi connectivity index (χ1) is 22.6. The number of likely N-dealkylation sites (tertiary alicyclic amines) is 1. The number of allylic oxidation sites excluding steroid dienone is 1. The lowest BCUT2D eigenvalue weighted by atomic mass is 9.65. The zero-order valence-corrected chi connectivity index (χ0v) is 27.7. The minimum atomic E-state index is -0.599. The summed E-state index contributed by atoms with van der Waals surface area (Å²) in [6, 6.07) is 21.8. The molecular formula is C38H44N4O5. The largest absolute Gasteiger partial charge is 0.497 e. The molecule has 9 heteroatoms. The molecule has 0 aromatic heterocycles. The number of ether oxygens (including phenoxy) is 3. The van der Waals surface area contributed by atoms with Gasteiger partial charge in [-0.25, -0.2) is 4.79 Å². The van der Waals surface area contributed by atoms with Crippen LogP contribution in [0.3, 0.4) is 0 Å². The van der Waals surface area contributed by atoms with Crippen LogP contribution in [-0.2, 0) is 21.5 Å². The van der Waals surface area contributed by atoms with Gasteiger partial charge in [-0.05, 0) is 87.2 Å². The molecule has 1 saturated carbocycles. The average Bonchev–Trinajstić information content (AvgIpc) is 3.29. The normalized spacial score (nSPS) is 17.6. The molecule has 2 amide bonds. The second-order valence-electron chi connectivity index (χ2n) is 13.6. The third-order valence-corrected chi connectivity index (χ3v) is 9.22. The van der Waals surface area contributed by atoms with Gasteiger partial charge in [-0.3, -0.25) is 4.79 Å². The number of anilines is 2. The van der Waals surface area contributed by atoms with Crippen molar-refractivity contribution in [2.45, 2.75) is 76.5 Å². The fourth-order valence-corrected chi connectivity index (χ4v) is 6.68. The lowest BCUT2D eigenvalue weighted by Crippen LogP contribution is -2.45. The summed E-state index contributed by atoms with van der Waals surface area (Å²) in [5.41, 5.74) is 4.13. The zero-order chi connectivity index (χ0) is 33.2. The maximum Gasteiger partial charge on any atom is 0.410 e. The van der Waals surface area contributed by atoms with Gasteiger partial charge in [0.15, 0.2) is 0 Å². The molecule has 2 heterocycles. The van der Waals surface area contributed by atoms with E-state index in [9.17, 15) is 9.59 Å². The van der Waals surface area contributed by atoms with Crippen LogP contribution < -0.4 is 19.7 Å². The number of hydrogen-bond acceptors (Lipinski definition) is 7. The lowest BCUT2D eigenvalue weighted by molar-refractivity contribution is -0.126. The van der Waals surface area contributed by atoms with Crippen molar-refractivity contribution in [2.75, 3.05) is 30.4 Å². The van der Waals surface area contributed by atoms with Gasteiger partial charge in [0.25, 0.3) is 0 Å². The number of hydrogen-bond donors (Lipinski definition) is 2. The molecule has 3 aliphatic rings. The fourth-order valence-electron chi connectivity index (χ4n) is 6.68. The standard InChI is InChI=1S/C38H44N4O5/c1-37(2,3)47-36(44)41-21-16-30(17-22-41)46-33-24-27(32(15-20-39)40-28-9-6-5-7-10-28)23-31-34(33)42(35(43)38(31)18-8-19-38)25-26-11-13-29(45-4)14-12-26/h5-7,9-15,20,23-24,30,39-40H,8,16-19,21-22,25H2,1-4H3/b32-15-,39-20?. The summed E-state index contributed by atoms with van der Waals surface area (Å²) in [4.78, 5) is 30.8. The van der Waals surface area contributed by atoms with Crippen LogP contribution in [-0.4, -0.2) is 55.0 Å². The first kappa shape index (κ1) is 32.2. The minimum Gasteiger partial charge on any atom is -0.497 e. The molecule has 1 saturated heterocycles. The summed E-state index contributed by atoms with van der Waals surface area (Å²) >= 11 is 0. The van der Waals surface area contributed by atoms with Crippen molar-refractivity contribution in [2.24, 2.45) is 0 Å². The number of rotatable bonds is 9. The van der Waals surface area contributed by atoms with Crippen LogP contribution in [0.2, 0.25) is 0 Å². The molecule has 6 rings (SSSR count). The Bertz CT molecular complexity index is 1650. The molecule has 2 fully saturated rings. The van der Waals surface area contributed by atoms with E-state index in [-0.39, 0.29) is 18.1 Å². The van der Waals surface area contributed by atoms with Crippen LogP contribution in [0.4, 0.5) is 16.2 Å². The van der Waals surface area contributed by atoms with Gasteiger partial charge in [0.1, 0.15) is 23.2 Å². The second-order valence-corrected chi connectivity index (χ2v) is 13.6. The van der Waals surface area contributed by atoms with Gasteiger partial charge in [0.05, 0.1) is 24.8 Å². The van der Waals surface area contributed by atoms with E-state index in [2.05, 4.69) is 11.4 Å². The van der Waals surface area contributed by atoms with Crippen LogP contribution in [0.25, 0.3) is 5.70 Å². The molecule has 0 bridgehead atoms. The predicted molar refractivity (Wildman–Crippen MR) is 184 cm³/mol. The highest BCUT2D eigenvalue weighted by atomic mass is 16.6. The summed E-state index contributed by atoms with van der Waals surface area (Å²) in [6.07, 6.45) is 6.37. The average molecular weight is 637 g/mol. The highest BCUT2D eigenvalue weighted by molar-refractivity contribution is 6.10. The minimum absolute atomic E-state index is 0.102. The molecule has 3 aromatic carbocycles. The van der Waals surface area contributed by atoms with Crippen molar-refractivity contribution >= 4 is 35.3 Å². The van der Waals surface area contributed by atoms with Crippen LogP contribution in [0.5, 0.6) is 11.5 Å². The van der Waals surface area contributed by atoms with Gasteiger partial charge in [0, 0.05) is 49.1 Å². The third-order valence-electron chi connectivity index (χ3n) is 9.22. The Kier molecular flexibility index (Phi) is 8.99. The highest BCUT2D eigenvalue weighted by Gasteiger charge is 2.55. The van der Waals surface area contributed by atoms with Crippen LogP contribution in [0.1, 0.15) is 69.6 Å². The van der Waals surface area contributed by atoms with E-state index in [4.69, 9.17) is 19.6 Å². The monoisotopic (exact) mass is 636 g/mol. The number of piperidine rings is 1. The number of benzene rings is 3. The quantitative estimate of drug-likeness (QED) is 0.235. The van der Waals surface area contributed by atoms with E-state index < -0.39 is 11.0 Å². The Morgan fingerprint density at radius 2 is 1.74 bits per heavy atom. The maximum absolute atomic E-state index is 14.4. The summed E-state index contributed by atoms with van der Waals surface area (Å²) in [6.45, 7) is 7.07. The van der Waals surface area contributed by atoms with Crippen molar-refractivity contribution in [1.29, 1.82) is 5.41 Å². The first-order valence-corrected chi connectivity index (χ1v) is 16.4. The van der Waals surface area contributed by atoms with E-state index in [0.717, 1.165) is 58.8 Å². The lowest BCUT2D eigenvalue weighted by Gasteiger charge is -2.37. The maximum atomic E-state index is 14.4. The summed E-state index contributed by atoms with van der Waals surface area (Å²) in [5, 5.41) is 11.4. The molecule has 3 aromatic rings. The fraction of sp³-hybridized carbons (Fsp3) is 0.395. The molecular weight excluding hydrogens is 592 g/mol. The Balaban J connectivity index is 1.37. The van der Waals surface area contributed by atoms with Crippen molar-refractivity contribution in [1.82, 2.24) is 4.90 Å². The van der Waals surface area contributed by atoms with E-state index in [1.54, 1.807) is 18.1 Å². The molecule has 246 valence electrons. The summed E-state index contributed by atoms with van der Waals surface area (Å²) < 4.78 is 17.8. The molecule has 9 nitrogen and oxygen atoms in total. The van der Waals surface area contributed by atoms with Gasteiger partial charge < -0.3 is 34.7 Å². The van der Waals surface area contributed by atoms with Crippen LogP contribution in [0, 0.1) is 5.41 Å². The first-order valence-electron chi connectivity index (χ1n) is 16.4. The molecule has 2 N–H and O–H groups in total. The summed E-state index contributed by atoms with van der Waals surface area (Å²) in [7, 11) is 1.64. The predicted octanol–water partition coefficient (Wildman–Crippen LogP) is 7.54. The number of nitrogens with one attached hydrogen (secondary N) is 2. The smallest absolute Gasteiger partial charge is 0.410 e. The second kappa shape index (κ2) is 13.1. The Hall–Kier alpha value is -4.79. The zero-order valence-electron chi connectivity index (χ0n) is 27.7. The SMILES string of the molecule is COc1ccc(CN2C(=O)C3(CCC3)c3cc(/C(=C/C=N)Nc4ccccc4)cc(OC4CCN(C(=O)OC(C)(C)C)CC4)c32)cc1. The molecule has 1 aliphatic carbocycles. The van der Waals surface area contributed by atoms with Crippen molar-refractivity contribution < 1.29 is 23.8 Å². The molecule has 2 aliphatic heterocycles. The van der Waals surface area contributed by atoms with E-state index in [0.29, 0.717) is 38.2 Å². The Morgan fingerprint density at radius 3 is 2.34 bits per heavy atom. The third kappa shape index (κ3) is 6.70. The Morgan fingerprint density at radius 1 is 1.04 bits per heavy atom. The molecule has 0 radical (unpaired) electrons. The highest BCUT2D eigenvalue weighted by Crippen LogP contribution is 2.57. The van der Waals surface area contributed by atoms with Crippen LogP contribution in [0.15, 0.2) is 72.8 Å². The molecule has 47 heavy (non-hydrogen) atoms.